The summed E-state index contributed by atoms with van der Waals surface area (Å²) in [7, 11) is 0. The molecule has 2 rings (SSSR count). The van der Waals surface area contributed by atoms with Gasteiger partial charge >= 0.3 is 5.97 Å². The molecule has 0 spiro atoms. The van der Waals surface area contributed by atoms with Gasteiger partial charge in [-0.05, 0) is 43.5 Å². The number of aromatic nitrogens is 2. The van der Waals surface area contributed by atoms with Crippen LogP contribution >= 0.6 is 0 Å². The lowest BCUT2D eigenvalue weighted by atomic mass is 10.0. The largest absolute Gasteiger partial charge is 0.480 e. The van der Waals surface area contributed by atoms with Gasteiger partial charge in [-0.1, -0.05) is 19.1 Å². The topological polar surface area (TPSA) is 55.1 Å². The van der Waals surface area contributed by atoms with Crippen molar-refractivity contribution >= 4 is 5.97 Å². The first-order valence-electron chi connectivity index (χ1n) is 6.37. The van der Waals surface area contributed by atoms with Crippen LogP contribution in [0.2, 0.25) is 0 Å². The maximum Gasteiger partial charge on any atom is 0.325 e. The van der Waals surface area contributed by atoms with E-state index in [-0.39, 0.29) is 6.54 Å². The van der Waals surface area contributed by atoms with Gasteiger partial charge in [-0.2, -0.15) is 5.10 Å². The Labute approximate surface area is 112 Å². The second kappa shape index (κ2) is 5.26. The van der Waals surface area contributed by atoms with Crippen molar-refractivity contribution < 1.29 is 9.90 Å². The number of aliphatic carboxylic acids is 1. The van der Waals surface area contributed by atoms with Gasteiger partial charge in [0.25, 0.3) is 0 Å². The Morgan fingerprint density at radius 3 is 2.58 bits per heavy atom. The van der Waals surface area contributed by atoms with Gasteiger partial charge in [0, 0.05) is 11.3 Å². The molecule has 0 aliphatic heterocycles. The Balaban J connectivity index is 2.42. The molecule has 1 N–H and O–H groups in total. The Morgan fingerprint density at radius 2 is 2.00 bits per heavy atom. The van der Waals surface area contributed by atoms with Gasteiger partial charge in [-0.15, -0.1) is 0 Å². The van der Waals surface area contributed by atoms with Crippen LogP contribution in [0.15, 0.2) is 24.3 Å². The van der Waals surface area contributed by atoms with Crippen molar-refractivity contribution in [3.63, 3.8) is 0 Å². The summed E-state index contributed by atoms with van der Waals surface area (Å²) < 4.78 is 1.56. The first-order valence-corrected chi connectivity index (χ1v) is 6.37. The highest BCUT2D eigenvalue weighted by atomic mass is 16.4. The van der Waals surface area contributed by atoms with Crippen LogP contribution < -0.4 is 0 Å². The van der Waals surface area contributed by atoms with E-state index >= 15 is 0 Å². The molecule has 0 unspecified atom stereocenters. The molecule has 0 saturated heterocycles. The third-order valence-corrected chi connectivity index (χ3v) is 3.31. The first kappa shape index (κ1) is 13.3. The van der Waals surface area contributed by atoms with Crippen LogP contribution in [0, 0.1) is 13.8 Å². The number of aryl methyl sites for hydroxylation is 3. The van der Waals surface area contributed by atoms with Crippen LogP contribution in [0.1, 0.15) is 23.7 Å². The Hall–Kier alpha value is -2.10. The number of hydrogen-bond acceptors (Lipinski definition) is 2. The molecular weight excluding hydrogens is 240 g/mol. The molecule has 0 fully saturated rings. The maximum atomic E-state index is 10.8. The maximum absolute atomic E-state index is 10.8. The molecule has 4 nitrogen and oxygen atoms in total. The lowest BCUT2D eigenvalue weighted by Gasteiger charge is -2.02. The lowest BCUT2D eigenvalue weighted by molar-refractivity contribution is -0.137. The quantitative estimate of drug-likeness (QED) is 0.917. The molecule has 0 aliphatic carbocycles. The van der Waals surface area contributed by atoms with E-state index < -0.39 is 5.97 Å². The monoisotopic (exact) mass is 258 g/mol. The lowest BCUT2D eigenvalue weighted by Crippen LogP contribution is -2.12. The minimum Gasteiger partial charge on any atom is -0.480 e. The number of carbonyl (C=O) groups is 1. The fraction of sp³-hybridized carbons (Fsp3) is 0.333. The predicted octanol–water partition coefficient (Wildman–Crippen LogP) is 2.81. The molecule has 1 aromatic carbocycles. The van der Waals surface area contributed by atoms with Gasteiger partial charge in [0.15, 0.2) is 0 Å². The van der Waals surface area contributed by atoms with E-state index in [9.17, 15) is 4.79 Å². The van der Waals surface area contributed by atoms with Crippen molar-refractivity contribution in [3.8, 4) is 11.3 Å². The molecule has 0 bridgehead atoms. The number of carboxylic acids is 1. The van der Waals surface area contributed by atoms with E-state index in [4.69, 9.17) is 5.11 Å². The SMILES string of the molecule is CCc1cc(-c2ccc(C)c(C)c2)nn1CC(=O)O. The van der Waals surface area contributed by atoms with Gasteiger partial charge in [-0.3, -0.25) is 9.48 Å². The average Bonchev–Trinajstić information content (AvgIpc) is 2.75. The molecule has 1 aromatic heterocycles. The summed E-state index contributed by atoms with van der Waals surface area (Å²) in [6.07, 6.45) is 0.769. The molecule has 0 atom stereocenters. The van der Waals surface area contributed by atoms with Crippen LogP contribution in [0.25, 0.3) is 11.3 Å². The Kier molecular flexibility index (Phi) is 3.69. The van der Waals surface area contributed by atoms with E-state index in [1.807, 2.05) is 19.1 Å². The van der Waals surface area contributed by atoms with Gasteiger partial charge in [0.2, 0.25) is 0 Å². The molecule has 0 aliphatic rings. The van der Waals surface area contributed by atoms with Crippen molar-refractivity contribution in [3.05, 3.63) is 41.1 Å². The summed E-state index contributed by atoms with van der Waals surface area (Å²) >= 11 is 0. The fourth-order valence-corrected chi connectivity index (χ4v) is 2.05. The summed E-state index contributed by atoms with van der Waals surface area (Å²) in [5, 5.41) is 13.3. The number of carboxylic acid groups (broad SMARTS) is 1. The second-order valence-electron chi connectivity index (χ2n) is 4.72. The van der Waals surface area contributed by atoms with Gasteiger partial charge < -0.3 is 5.11 Å². The standard InChI is InChI=1S/C15H18N2O2/c1-4-13-8-14(16-17(13)9-15(18)19)12-6-5-10(2)11(3)7-12/h5-8H,4,9H2,1-3H3,(H,18,19). The predicted molar refractivity (Wildman–Crippen MR) is 74.2 cm³/mol. The zero-order chi connectivity index (χ0) is 14.0. The minimum atomic E-state index is -0.871. The molecule has 0 amide bonds. The van der Waals surface area contributed by atoms with Crippen LogP contribution in [0.3, 0.4) is 0 Å². The van der Waals surface area contributed by atoms with Crippen molar-refractivity contribution in [2.75, 3.05) is 0 Å². The second-order valence-corrected chi connectivity index (χ2v) is 4.72. The zero-order valence-electron chi connectivity index (χ0n) is 11.5. The molecule has 0 saturated carbocycles. The van der Waals surface area contributed by atoms with E-state index in [1.165, 1.54) is 11.1 Å². The Bertz CT molecular complexity index is 615. The molecule has 4 heteroatoms. The summed E-state index contributed by atoms with van der Waals surface area (Å²) in [6, 6.07) is 8.14. The third-order valence-electron chi connectivity index (χ3n) is 3.31. The highest BCUT2D eigenvalue weighted by Crippen LogP contribution is 2.22. The van der Waals surface area contributed by atoms with Crippen LogP contribution in [0.5, 0.6) is 0 Å². The zero-order valence-corrected chi connectivity index (χ0v) is 11.5. The smallest absolute Gasteiger partial charge is 0.325 e. The van der Waals surface area contributed by atoms with Crippen LogP contribution in [0.4, 0.5) is 0 Å². The van der Waals surface area contributed by atoms with Crippen molar-refractivity contribution in [1.29, 1.82) is 0 Å². The Morgan fingerprint density at radius 1 is 1.26 bits per heavy atom. The number of hydrogen-bond donors (Lipinski definition) is 1. The highest BCUT2D eigenvalue weighted by molar-refractivity contribution is 5.67. The van der Waals surface area contributed by atoms with E-state index in [2.05, 4.69) is 31.1 Å². The average molecular weight is 258 g/mol. The summed E-state index contributed by atoms with van der Waals surface area (Å²) in [5.74, 6) is -0.871. The number of benzene rings is 1. The third kappa shape index (κ3) is 2.84. The van der Waals surface area contributed by atoms with E-state index in [1.54, 1.807) is 4.68 Å². The van der Waals surface area contributed by atoms with Crippen molar-refractivity contribution in [1.82, 2.24) is 9.78 Å². The van der Waals surface area contributed by atoms with Crippen LogP contribution in [-0.4, -0.2) is 20.9 Å². The molecule has 0 radical (unpaired) electrons. The minimum absolute atomic E-state index is 0.0893. The van der Waals surface area contributed by atoms with E-state index in [0.717, 1.165) is 23.4 Å². The number of nitrogens with zero attached hydrogens (tertiary/aromatic N) is 2. The summed E-state index contributed by atoms with van der Waals surface area (Å²) in [6.45, 7) is 6.04. The molecule has 2 aromatic rings. The van der Waals surface area contributed by atoms with Crippen molar-refractivity contribution in [2.45, 2.75) is 33.7 Å². The van der Waals surface area contributed by atoms with Crippen LogP contribution in [-0.2, 0) is 17.8 Å². The molecule has 100 valence electrons. The van der Waals surface area contributed by atoms with Crippen molar-refractivity contribution in [2.24, 2.45) is 0 Å². The van der Waals surface area contributed by atoms with Gasteiger partial charge in [0.1, 0.15) is 6.54 Å². The molecule has 19 heavy (non-hydrogen) atoms. The first-order chi connectivity index (χ1) is 9.01. The van der Waals surface area contributed by atoms with Gasteiger partial charge in [-0.25, -0.2) is 0 Å². The molecular formula is C15H18N2O2. The molecule has 1 heterocycles. The summed E-state index contributed by atoms with van der Waals surface area (Å²) in [4.78, 5) is 10.8. The fourth-order valence-electron chi connectivity index (χ4n) is 2.05. The highest BCUT2D eigenvalue weighted by Gasteiger charge is 2.11. The normalized spacial score (nSPS) is 10.7. The summed E-state index contributed by atoms with van der Waals surface area (Å²) in [5.41, 5.74) is 5.26. The van der Waals surface area contributed by atoms with E-state index in [0.29, 0.717) is 0 Å². The number of rotatable bonds is 4. The van der Waals surface area contributed by atoms with Gasteiger partial charge in [0.05, 0.1) is 5.69 Å².